The minimum atomic E-state index is 0.730. The Kier molecular flexibility index (Phi) is 3.97. The fourth-order valence-corrected chi connectivity index (χ4v) is 3.17. The monoisotopic (exact) mass is 349 g/mol. The van der Waals surface area contributed by atoms with Gasteiger partial charge in [0.05, 0.1) is 5.52 Å². The van der Waals surface area contributed by atoms with Crippen molar-refractivity contribution in [3.8, 4) is 22.3 Å². The number of benzene rings is 3. The molecule has 0 saturated carbocycles. The Balaban J connectivity index is 1.95. The van der Waals surface area contributed by atoms with Gasteiger partial charge in [0.15, 0.2) is 0 Å². The second-order valence-corrected chi connectivity index (χ2v) is 6.45. The predicted octanol–water partition coefficient (Wildman–Crippen LogP) is 6.88. The molecule has 4 rings (SSSR count). The van der Waals surface area contributed by atoms with E-state index < -0.39 is 0 Å². The van der Waals surface area contributed by atoms with E-state index in [1.807, 2.05) is 60.8 Å². The molecule has 3 heteroatoms. The van der Waals surface area contributed by atoms with E-state index in [9.17, 15) is 0 Å². The van der Waals surface area contributed by atoms with Gasteiger partial charge in [0.1, 0.15) is 0 Å². The SMILES string of the molecule is Clc1ccc(-c2ccc(-c3ccc(Cl)cc3)c3ncccc23)cc1. The first-order valence-electron chi connectivity index (χ1n) is 7.62. The van der Waals surface area contributed by atoms with Crippen LogP contribution in [0.5, 0.6) is 0 Å². The summed E-state index contributed by atoms with van der Waals surface area (Å²) in [6.07, 6.45) is 1.83. The maximum absolute atomic E-state index is 6.01. The second-order valence-electron chi connectivity index (χ2n) is 5.57. The lowest BCUT2D eigenvalue weighted by Crippen LogP contribution is -1.88. The zero-order valence-electron chi connectivity index (χ0n) is 12.7. The van der Waals surface area contributed by atoms with Gasteiger partial charge in [-0.25, -0.2) is 0 Å². The molecule has 0 saturated heterocycles. The van der Waals surface area contributed by atoms with Crippen LogP contribution < -0.4 is 0 Å². The molecule has 1 nitrogen and oxygen atoms in total. The number of pyridine rings is 1. The van der Waals surface area contributed by atoms with Crippen molar-refractivity contribution in [2.45, 2.75) is 0 Å². The topological polar surface area (TPSA) is 12.9 Å². The molecule has 1 heterocycles. The largest absolute Gasteiger partial charge is 0.256 e. The highest BCUT2D eigenvalue weighted by Gasteiger charge is 2.10. The van der Waals surface area contributed by atoms with E-state index >= 15 is 0 Å². The average Bonchev–Trinajstić information content (AvgIpc) is 2.62. The van der Waals surface area contributed by atoms with Crippen LogP contribution in [0.2, 0.25) is 10.0 Å². The minimum absolute atomic E-state index is 0.730. The fourth-order valence-electron chi connectivity index (χ4n) is 2.92. The summed E-state index contributed by atoms with van der Waals surface area (Å²) < 4.78 is 0. The Bertz CT molecular complexity index is 922. The van der Waals surface area contributed by atoms with Gasteiger partial charge in [0.2, 0.25) is 0 Å². The third-order valence-electron chi connectivity index (χ3n) is 4.08. The molecule has 0 radical (unpaired) electrons. The number of hydrogen-bond acceptors (Lipinski definition) is 1. The van der Waals surface area contributed by atoms with Crippen molar-refractivity contribution >= 4 is 34.1 Å². The molecule has 0 bridgehead atoms. The molecule has 0 aliphatic carbocycles. The quantitative estimate of drug-likeness (QED) is 0.384. The summed E-state index contributed by atoms with van der Waals surface area (Å²) in [5.41, 5.74) is 5.45. The molecule has 3 aromatic carbocycles. The van der Waals surface area contributed by atoms with Gasteiger partial charge >= 0.3 is 0 Å². The zero-order valence-corrected chi connectivity index (χ0v) is 14.2. The van der Waals surface area contributed by atoms with Crippen LogP contribution in [0, 0.1) is 0 Å². The van der Waals surface area contributed by atoms with Gasteiger partial charge < -0.3 is 0 Å². The lowest BCUT2D eigenvalue weighted by Gasteiger charge is -2.11. The number of fused-ring (bicyclic) bond motifs is 1. The molecule has 4 aromatic rings. The average molecular weight is 350 g/mol. The third kappa shape index (κ3) is 2.77. The van der Waals surface area contributed by atoms with Crippen LogP contribution >= 0.6 is 23.2 Å². The number of rotatable bonds is 2. The summed E-state index contributed by atoms with van der Waals surface area (Å²) in [7, 11) is 0. The summed E-state index contributed by atoms with van der Waals surface area (Å²) in [6.45, 7) is 0. The first kappa shape index (κ1) is 15.2. The molecular formula is C21H13Cl2N. The van der Waals surface area contributed by atoms with E-state index in [-0.39, 0.29) is 0 Å². The van der Waals surface area contributed by atoms with Crippen LogP contribution in [0.1, 0.15) is 0 Å². The van der Waals surface area contributed by atoms with Crippen LogP contribution in [0.3, 0.4) is 0 Å². The summed E-state index contributed by atoms with van der Waals surface area (Å²) in [6, 6.07) is 24.0. The van der Waals surface area contributed by atoms with Crippen molar-refractivity contribution in [2.75, 3.05) is 0 Å². The number of halogens is 2. The molecule has 0 aliphatic rings. The molecule has 0 fully saturated rings. The van der Waals surface area contributed by atoms with E-state index in [1.165, 1.54) is 0 Å². The Labute approximate surface area is 150 Å². The van der Waals surface area contributed by atoms with Crippen molar-refractivity contribution in [1.82, 2.24) is 4.98 Å². The standard InChI is InChI=1S/C21H13Cl2N/c22-16-7-3-14(4-8-16)18-11-12-19(15-5-9-17(23)10-6-15)21-20(18)2-1-13-24-21/h1-13H. The maximum Gasteiger partial charge on any atom is 0.0786 e. The van der Waals surface area contributed by atoms with Crippen LogP contribution in [0.4, 0.5) is 0 Å². The Hall–Kier alpha value is -2.35. The number of hydrogen-bond donors (Lipinski definition) is 0. The Morgan fingerprint density at radius 1 is 0.583 bits per heavy atom. The highest BCUT2D eigenvalue weighted by Crippen LogP contribution is 2.35. The van der Waals surface area contributed by atoms with E-state index in [1.54, 1.807) is 0 Å². The van der Waals surface area contributed by atoms with Gasteiger partial charge in [0, 0.05) is 27.2 Å². The van der Waals surface area contributed by atoms with Crippen LogP contribution in [-0.2, 0) is 0 Å². The van der Waals surface area contributed by atoms with E-state index in [2.05, 4.69) is 23.2 Å². The van der Waals surface area contributed by atoms with Crippen LogP contribution in [0.15, 0.2) is 79.0 Å². The number of aromatic nitrogens is 1. The Morgan fingerprint density at radius 2 is 1.12 bits per heavy atom. The zero-order chi connectivity index (χ0) is 16.5. The van der Waals surface area contributed by atoms with E-state index in [0.29, 0.717) is 0 Å². The number of nitrogens with zero attached hydrogens (tertiary/aromatic N) is 1. The third-order valence-corrected chi connectivity index (χ3v) is 4.58. The van der Waals surface area contributed by atoms with Crippen molar-refractivity contribution in [3.63, 3.8) is 0 Å². The molecule has 0 N–H and O–H groups in total. The first-order valence-corrected chi connectivity index (χ1v) is 8.37. The van der Waals surface area contributed by atoms with Gasteiger partial charge in [-0.3, -0.25) is 4.98 Å². The molecule has 0 unspecified atom stereocenters. The molecule has 24 heavy (non-hydrogen) atoms. The summed E-state index contributed by atoms with van der Waals surface area (Å²) in [4.78, 5) is 4.62. The van der Waals surface area contributed by atoms with Crippen molar-refractivity contribution < 1.29 is 0 Å². The maximum atomic E-state index is 6.01. The van der Waals surface area contributed by atoms with Gasteiger partial charge in [-0.1, -0.05) is 65.7 Å². The van der Waals surface area contributed by atoms with Crippen molar-refractivity contribution in [2.24, 2.45) is 0 Å². The summed E-state index contributed by atoms with van der Waals surface area (Å²) >= 11 is 12.0. The predicted molar refractivity (Wildman–Crippen MR) is 103 cm³/mol. The first-order chi connectivity index (χ1) is 11.7. The van der Waals surface area contributed by atoms with Crippen molar-refractivity contribution in [3.05, 3.63) is 89.0 Å². The highest BCUT2D eigenvalue weighted by atomic mass is 35.5. The highest BCUT2D eigenvalue weighted by molar-refractivity contribution is 6.31. The summed E-state index contributed by atoms with van der Waals surface area (Å²) in [5, 5.41) is 2.58. The lowest BCUT2D eigenvalue weighted by molar-refractivity contribution is 1.41. The van der Waals surface area contributed by atoms with Gasteiger partial charge in [-0.05, 0) is 47.0 Å². The van der Waals surface area contributed by atoms with Gasteiger partial charge in [0.25, 0.3) is 0 Å². The summed E-state index contributed by atoms with van der Waals surface area (Å²) in [5.74, 6) is 0. The minimum Gasteiger partial charge on any atom is -0.256 e. The van der Waals surface area contributed by atoms with Crippen LogP contribution in [-0.4, -0.2) is 4.98 Å². The normalized spacial score (nSPS) is 10.9. The van der Waals surface area contributed by atoms with E-state index in [0.717, 1.165) is 43.2 Å². The van der Waals surface area contributed by atoms with Gasteiger partial charge in [-0.15, -0.1) is 0 Å². The second kappa shape index (κ2) is 6.27. The molecule has 0 aliphatic heterocycles. The molecule has 116 valence electrons. The van der Waals surface area contributed by atoms with E-state index in [4.69, 9.17) is 23.2 Å². The van der Waals surface area contributed by atoms with Crippen molar-refractivity contribution in [1.29, 1.82) is 0 Å². The molecule has 0 atom stereocenters. The molecular weight excluding hydrogens is 337 g/mol. The Morgan fingerprint density at radius 3 is 1.75 bits per heavy atom. The van der Waals surface area contributed by atoms with Crippen LogP contribution in [0.25, 0.3) is 33.2 Å². The molecule has 1 aromatic heterocycles. The van der Waals surface area contributed by atoms with Gasteiger partial charge in [-0.2, -0.15) is 0 Å². The molecule has 0 amide bonds. The smallest absolute Gasteiger partial charge is 0.0786 e. The molecule has 0 spiro atoms. The fraction of sp³-hybridized carbons (Fsp3) is 0. The lowest BCUT2D eigenvalue weighted by atomic mass is 9.95.